The van der Waals surface area contributed by atoms with E-state index in [1.54, 1.807) is 13.0 Å². The summed E-state index contributed by atoms with van der Waals surface area (Å²) in [6, 6.07) is 15.7. The van der Waals surface area contributed by atoms with Crippen molar-refractivity contribution in [3.63, 3.8) is 0 Å². The van der Waals surface area contributed by atoms with Crippen molar-refractivity contribution in [2.45, 2.75) is 44.9 Å². The first kappa shape index (κ1) is 31.0. The van der Waals surface area contributed by atoms with Crippen LogP contribution in [-0.2, 0) is 11.3 Å². The molecule has 1 aromatic heterocycles. The van der Waals surface area contributed by atoms with Crippen LogP contribution in [0, 0.1) is 0 Å². The van der Waals surface area contributed by atoms with Crippen LogP contribution in [0.3, 0.4) is 0 Å². The predicted molar refractivity (Wildman–Crippen MR) is 152 cm³/mol. The molecule has 0 aliphatic carbocycles. The maximum Gasteiger partial charge on any atom is 0.371 e. The molecular formula is C29H36ClN3O7. The molecule has 3 aromatic rings. The highest BCUT2D eigenvalue weighted by Crippen LogP contribution is 2.29. The van der Waals surface area contributed by atoms with Gasteiger partial charge in [-0.05, 0) is 74.8 Å². The van der Waals surface area contributed by atoms with Crippen molar-refractivity contribution in [1.29, 1.82) is 0 Å². The second-order valence-electron chi connectivity index (χ2n) is 9.99. The first-order valence-electron chi connectivity index (χ1n) is 12.9. The van der Waals surface area contributed by atoms with Crippen LogP contribution in [0.25, 0.3) is 0 Å². The molecule has 2 heterocycles. The number of aromatic hydroxyl groups is 1. The third-order valence-electron chi connectivity index (χ3n) is 6.23. The molecule has 4 rings (SSSR count). The first-order chi connectivity index (χ1) is 19.0. The Hall–Kier alpha value is -3.57. The van der Waals surface area contributed by atoms with Gasteiger partial charge in [-0.1, -0.05) is 23.7 Å². The molecule has 5 N–H and O–H groups in total. The summed E-state index contributed by atoms with van der Waals surface area (Å²) in [5.41, 5.74) is 0.595. The van der Waals surface area contributed by atoms with E-state index in [4.69, 9.17) is 21.4 Å². The Morgan fingerprint density at radius 2 is 1.85 bits per heavy atom. The van der Waals surface area contributed by atoms with Gasteiger partial charge < -0.3 is 35.1 Å². The zero-order valence-corrected chi connectivity index (χ0v) is 23.4. The molecule has 0 saturated carbocycles. The van der Waals surface area contributed by atoms with Gasteiger partial charge in [-0.2, -0.15) is 0 Å². The van der Waals surface area contributed by atoms with E-state index in [-0.39, 0.29) is 24.0 Å². The molecule has 40 heavy (non-hydrogen) atoms. The number of ether oxygens (including phenoxy) is 1. The largest absolute Gasteiger partial charge is 0.508 e. The topological polar surface area (TPSA) is 144 Å². The lowest BCUT2D eigenvalue weighted by Crippen LogP contribution is -2.49. The molecule has 11 heteroatoms. The van der Waals surface area contributed by atoms with Crippen LogP contribution in [0.4, 0.5) is 5.69 Å². The fraction of sp³-hybridized carbons (Fsp3) is 0.379. The molecule has 1 fully saturated rings. The summed E-state index contributed by atoms with van der Waals surface area (Å²) in [4.78, 5) is 23.8. The van der Waals surface area contributed by atoms with Crippen molar-refractivity contribution in [1.82, 2.24) is 10.2 Å². The summed E-state index contributed by atoms with van der Waals surface area (Å²) in [6.45, 7) is 6.39. The van der Waals surface area contributed by atoms with Crippen LogP contribution < -0.4 is 15.4 Å². The van der Waals surface area contributed by atoms with E-state index in [0.29, 0.717) is 24.0 Å². The van der Waals surface area contributed by atoms with Crippen molar-refractivity contribution < 1.29 is 34.1 Å². The molecule has 1 aliphatic heterocycles. The highest BCUT2D eigenvalue weighted by Gasteiger charge is 2.26. The summed E-state index contributed by atoms with van der Waals surface area (Å²) in [7, 11) is 0. The highest BCUT2D eigenvalue weighted by molar-refractivity contribution is 6.30. The van der Waals surface area contributed by atoms with E-state index in [1.165, 1.54) is 43.0 Å². The minimum atomic E-state index is -1.11. The number of piperidine rings is 1. The van der Waals surface area contributed by atoms with Gasteiger partial charge in [0.2, 0.25) is 11.7 Å². The van der Waals surface area contributed by atoms with Crippen molar-refractivity contribution in [2.24, 2.45) is 0 Å². The van der Waals surface area contributed by atoms with Crippen LogP contribution in [-0.4, -0.2) is 70.0 Å². The zero-order chi connectivity index (χ0) is 29.1. The van der Waals surface area contributed by atoms with Gasteiger partial charge in [0.25, 0.3) is 0 Å². The molecule has 1 aliphatic rings. The number of nitrogens with zero attached hydrogens (tertiary/aromatic N) is 1. The Morgan fingerprint density at radius 1 is 1.15 bits per heavy atom. The van der Waals surface area contributed by atoms with Gasteiger partial charge in [0, 0.05) is 37.1 Å². The van der Waals surface area contributed by atoms with E-state index in [2.05, 4.69) is 32.1 Å². The monoisotopic (exact) mass is 573 g/mol. The van der Waals surface area contributed by atoms with E-state index in [0.717, 1.165) is 37.5 Å². The Kier molecular flexibility index (Phi) is 11.4. The second kappa shape index (κ2) is 14.7. The highest BCUT2D eigenvalue weighted by atomic mass is 35.5. The number of carboxylic acids is 1. The summed E-state index contributed by atoms with van der Waals surface area (Å²) < 4.78 is 10.2. The summed E-state index contributed by atoms with van der Waals surface area (Å²) >= 11 is 5.96. The number of furan rings is 1. The fourth-order valence-corrected chi connectivity index (χ4v) is 4.24. The number of rotatable bonds is 10. The quantitative estimate of drug-likeness (QED) is 0.223. The standard InChI is InChI=1S/C24H32ClN3O4.C5H4O3/c1-17(29)27-22-8-7-21(30)13-23(22)32-16-24(2,31)15-26-20-9-11-28(12-10-20)14-18-3-5-19(25)6-4-18;6-5(7)4-2-1-3-8-4/h3-8,13,20,26,30-31H,9-12,14-16H2,1-2H3,(H,27,29);1-3H,(H,6,7)/t24-;/m0./s1. The number of aromatic carboxylic acids is 1. The molecule has 1 saturated heterocycles. The van der Waals surface area contributed by atoms with Crippen molar-refractivity contribution in [3.05, 3.63) is 77.2 Å². The van der Waals surface area contributed by atoms with Gasteiger partial charge in [-0.15, -0.1) is 0 Å². The number of amides is 1. The van der Waals surface area contributed by atoms with Crippen LogP contribution in [0.5, 0.6) is 11.5 Å². The number of phenols is 1. The molecule has 1 amide bonds. The van der Waals surface area contributed by atoms with Crippen molar-refractivity contribution in [3.8, 4) is 11.5 Å². The van der Waals surface area contributed by atoms with E-state index in [9.17, 15) is 19.8 Å². The lowest BCUT2D eigenvalue weighted by atomic mass is 10.0. The molecule has 0 spiro atoms. The second-order valence-corrected chi connectivity index (χ2v) is 10.4. The fourth-order valence-electron chi connectivity index (χ4n) is 4.12. The predicted octanol–water partition coefficient (Wildman–Crippen LogP) is 4.37. The van der Waals surface area contributed by atoms with Crippen LogP contribution in [0.1, 0.15) is 42.8 Å². The number of nitrogens with one attached hydrogen (secondary N) is 2. The van der Waals surface area contributed by atoms with Crippen molar-refractivity contribution in [2.75, 3.05) is 31.6 Å². The zero-order valence-electron chi connectivity index (χ0n) is 22.6. The SMILES string of the molecule is CC(=O)Nc1ccc(O)cc1OC[C@@](C)(O)CNC1CCN(Cc2ccc(Cl)cc2)CC1.O=C(O)c1ccco1. The Morgan fingerprint density at radius 3 is 2.42 bits per heavy atom. The molecular weight excluding hydrogens is 538 g/mol. The van der Waals surface area contributed by atoms with Gasteiger partial charge in [-0.25, -0.2) is 4.79 Å². The van der Waals surface area contributed by atoms with Gasteiger partial charge in [0.1, 0.15) is 23.7 Å². The molecule has 10 nitrogen and oxygen atoms in total. The lowest BCUT2D eigenvalue weighted by molar-refractivity contribution is -0.114. The number of benzene rings is 2. The molecule has 0 radical (unpaired) electrons. The van der Waals surface area contributed by atoms with Gasteiger partial charge >= 0.3 is 5.97 Å². The number of carbonyl (C=O) groups excluding carboxylic acids is 1. The Balaban J connectivity index is 0.000000472. The number of anilines is 1. The molecule has 2 aromatic carbocycles. The number of aliphatic hydroxyl groups is 1. The maximum absolute atomic E-state index is 11.4. The molecule has 0 unspecified atom stereocenters. The third kappa shape index (κ3) is 10.5. The summed E-state index contributed by atoms with van der Waals surface area (Å²) in [6.07, 6.45) is 3.33. The minimum Gasteiger partial charge on any atom is -0.508 e. The number of hydrogen-bond donors (Lipinski definition) is 5. The van der Waals surface area contributed by atoms with Gasteiger partial charge in [0.05, 0.1) is 12.0 Å². The normalized spacial score (nSPS) is 15.4. The summed E-state index contributed by atoms with van der Waals surface area (Å²) in [5.74, 6) is -0.954. The van der Waals surface area contributed by atoms with Crippen LogP contribution in [0.2, 0.25) is 5.02 Å². The Bertz CT molecular complexity index is 1220. The third-order valence-corrected chi connectivity index (χ3v) is 6.48. The average Bonchev–Trinajstić information content (AvgIpc) is 3.46. The number of hydrogen-bond acceptors (Lipinski definition) is 8. The van der Waals surface area contributed by atoms with E-state index < -0.39 is 11.6 Å². The minimum absolute atomic E-state index is 0.0193. The summed E-state index contributed by atoms with van der Waals surface area (Å²) in [5, 5.41) is 35.5. The first-order valence-corrected chi connectivity index (χ1v) is 13.3. The number of carbonyl (C=O) groups is 2. The number of halogens is 1. The maximum atomic E-state index is 11.4. The van der Waals surface area contributed by atoms with Crippen molar-refractivity contribution >= 4 is 29.2 Å². The molecule has 216 valence electrons. The number of carboxylic acid groups (broad SMARTS) is 1. The van der Waals surface area contributed by atoms with E-state index in [1.807, 2.05) is 12.1 Å². The van der Waals surface area contributed by atoms with Gasteiger partial charge in [-0.3, -0.25) is 9.69 Å². The molecule has 0 bridgehead atoms. The Labute approximate surface area is 238 Å². The van der Waals surface area contributed by atoms with Crippen LogP contribution in [0.15, 0.2) is 65.3 Å². The van der Waals surface area contributed by atoms with Crippen LogP contribution >= 0.6 is 11.6 Å². The van der Waals surface area contributed by atoms with Gasteiger partial charge in [0.15, 0.2) is 0 Å². The smallest absolute Gasteiger partial charge is 0.371 e. The average molecular weight is 574 g/mol. The number of phenolic OH excluding ortho intramolecular Hbond substituents is 1. The molecule has 1 atom stereocenters. The lowest BCUT2D eigenvalue weighted by Gasteiger charge is -2.34. The van der Waals surface area contributed by atoms with E-state index >= 15 is 0 Å². The number of likely N-dealkylation sites (tertiary alicyclic amines) is 1.